The molecular weight excluding hydrogens is 302 g/mol. The summed E-state index contributed by atoms with van der Waals surface area (Å²) in [6, 6.07) is 8.10. The quantitative estimate of drug-likeness (QED) is 0.864. The number of nitrogens with zero attached hydrogens (tertiary/aromatic N) is 2. The first kappa shape index (κ1) is 17.0. The molecule has 1 N–H and O–H groups in total. The molecule has 0 atom stereocenters. The number of hydrogen-bond acceptors (Lipinski definition) is 3. The summed E-state index contributed by atoms with van der Waals surface area (Å²) in [5.74, 6) is -0.0369. The third-order valence-electron chi connectivity index (χ3n) is 5.16. The number of aryl methyl sites for hydroxylation is 1. The van der Waals surface area contributed by atoms with Crippen LogP contribution < -0.4 is 5.32 Å². The van der Waals surface area contributed by atoms with E-state index in [1.165, 1.54) is 16.0 Å². The van der Waals surface area contributed by atoms with Crippen LogP contribution in [0, 0.1) is 6.92 Å². The van der Waals surface area contributed by atoms with Crippen molar-refractivity contribution in [1.29, 1.82) is 0 Å². The average molecular weight is 329 g/mol. The molecule has 1 aromatic rings. The van der Waals surface area contributed by atoms with Crippen LogP contribution in [0.2, 0.25) is 0 Å². The van der Waals surface area contributed by atoms with Crippen molar-refractivity contribution < 1.29 is 9.59 Å². The summed E-state index contributed by atoms with van der Waals surface area (Å²) in [4.78, 5) is 28.7. The molecule has 0 bridgehead atoms. The van der Waals surface area contributed by atoms with E-state index < -0.39 is 5.54 Å². The molecule has 1 spiro atoms. The Labute approximate surface area is 144 Å². The van der Waals surface area contributed by atoms with Crippen molar-refractivity contribution >= 4 is 11.9 Å². The number of hydrogen-bond donors (Lipinski definition) is 1. The number of carbonyl (C=O) groups is 2. The maximum absolute atomic E-state index is 12.9. The lowest BCUT2D eigenvalue weighted by Crippen LogP contribution is -2.47. The second kappa shape index (κ2) is 6.93. The number of benzene rings is 1. The van der Waals surface area contributed by atoms with E-state index in [-0.39, 0.29) is 11.9 Å². The molecule has 1 saturated carbocycles. The first-order chi connectivity index (χ1) is 11.5. The standard InChI is InChI=1S/C19H27N3O2/c1-15-7-9-16(10-8-15)13-21(2)14-22-17(23)19(20-18(22)24)11-5-3-4-6-12-19/h7-10H,3-6,11-14H2,1-2H3,(H,20,24). The van der Waals surface area contributed by atoms with Crippen molar-refractivity contribution in [2.45, 2.75) is 57.5 Å². The number of urea groups is 1. The fourth-order valence-corrected chi connectivity index (χ4v) is 3.77. The van der Waals surface area contributed by atoms with E-state index in [0.29, 0.717) is 13.2 Å². The second-order valence-corrected chi connectivity index (χ2v) is 7.30. The number of rotatable bonds is 4. The smallest absolute Gasteiger partial charge is 0.323 e. The van der Waals surface area contributed by atoms with Crippen LogP contribution in [0.4, 0.5) is 4.79 Å². The third-order valence-corrected chi connectivity index (χ3v) is 5.16. The van der Waals surface area contributed by atoms with E-state index >= 15 is 0 Å². The van der Waals surface area contributed by atoms with Crippen LogP contribution in [0.1, 0.15) is 49.7 Å². The Hall–Kier alpha value is -1.88. The SMILES string of the molecule is Cc1ccc(CN(C)CN2C(=O)NC3(CCCCCC3)C2=O)cc1. The van der Waals surface area contributed by atoms with Crippen molar-refractivity contribution in [3.05, 3.63) is 35.4 Å². The molecule has 24 heavy (non-hydrogen) atoms. The molecule has 1 saturated heterocycles. The van der Waals surface area contributed by atoms with Crippen LogP contribution >= 0.6 is 0 Å². The molecule has 5 nitrogen and oxygen atoms in total. The van der Waals surface area contributed by atoms with E-state index in [2.05, 4.69) is 36.5 Å². The Morgan fingerprint density at radius 2 is 1.71 bits per heavy atom. The second-order valence-electron chi connectivity index (χ2n) is 7.30. The Kier molecular flexibility index (Phi) is 4.90. The van der Waals surface area contributed by atoms with Crippen LogP contribution in [0.15, 0.2) is 24.3 Å². The van der Waals surface area contributed by atoms with Gasteiger partial charge in [-0.1, -0.05) is 55.5 Å². The number of imide groups is 1. The molecule has 1 aliphatic heterocycles. The highest BCUT2D eigenvalue weighted by Crippen LogP contribution is 2.32. The van der Waals surface area contributed by atoms with Crippen molar-refractivity contribution in [3.63, 3.8) is 0 Å². The van der Waals surface area contributed by atoms with Gasteiger partial charge in [-0.05, 0) is 32.4 Å². The van der Waals surface area contributed by atoms with Crippen molar-refractivity contribution in [1.82, 2.24) is 15.1 Å². The van der Waals surface area contributed by atoms with Gasteiger partial charge in [0.15, 0.2) is 0 Å². The van der Waals surface area contributed by atoms with Crippen molar-refractivity contribution in [2.75, 3.05) is 13.7 Å². The van der Waals surface area contributed by atoms with Gasteiger partial charge >= 0.3 is 6.03 Å². The maximum atomic E-state index is 12.9. The van der Waals surface area contributed by atoms with Gasteiger partial charge in [0, 0.05) is 6.54 Å². The Morgan fingerprint density at radius 3 is 2.33 bits per heavy atom. The van der Waals surface area contributed by atoms with Gasteiger partial charge in [-0.3, -0.25) is 9.69 Å². The normalized spacial score (nSPS) is 20.5. The Morgan fingerprint density at radius 1 is 1.08 bits per heavy atom. The van der Waals surface area contributed by atoms with Crippen LogP contribution in [-0.2, 0) is 11.3 Å². The fourth-order valence-electron chi connectivity index (χ4n) is 3.77. The lowest BCUT2D eigenvalue weighted by molar-refractivity contribution is -0.133. The van der Waals surface area contributed by atoms with Crippen LogP contribution in [-0.4, -0.2) is 41.0 Å². The minimum absolute atomic E-state index is 0.0369. The summed E-state index contributed by atoms with van der Waals surface area (Å²) in [5.41, 5.74) is 1.77. The van der Waals surface area contributed by atoms with Gasteiger partial charge in [0.25, 0.3) is 5.91 Å². The van der Waals surface area contributed by atoms with Gasteiger partial charge < -0.3 is 5.32 Å². The van der Waals surface area contributed by atoms with Gasteiger partial charge in [-0.25, -0.2) is 9.69 Å². The summed E-state index contributed by atoms with van der Waals surface area (Å²) in [6.45, 7) is 3.11. The summed E-state index contributed by atoms with van der Waals surface area (Å²) in [5, 5.41) is 3.00. The Balaban J connectivity index is 1.64. The molecule has 130 valence electrons. The highest BCUT2D eigenvalue weighted by atomic mass is 16.2. The van der Waals surface area contributed by atoms with E-state index in [4.69, 9.17) is 0 Å². The van der Waals surface area contributed by atoms with Gasteiger partial charge in [-0.2, -0.15) is 0 Å². The molecule has 3 amide bonds. The number of nitrogens with one attached hydrogen (secondary N) is 1. The topological polar surface area (TPSA) is 52.6 Å². The fraction of sp³-hybridized carbons (Fsp3) is 0.579. The summed E-state index contributed by atoms with van der Waals surface area (Å²) in [7, 11) is 1.94. The minimum Gasteiger partial charge on any atom is -0.323 e. The van der Waals surface area contributed by atoms with Gasteiger partial charge in [0.05, 0.1) is 6.67 Å². The first-order valence-electron chi connectivity index (χ1n) is 8.88. The molecule has 0 radical (unpaired) electrons. The lowest BCUT2D eigenvalue weighted by Gasteiger charge is -2.26. The Bertz CT molecular complexity index is 604. The van der Waals surface area contributed by atoms with Gasteiger partial charge in [-0.15, -0.1) is 0 Å². The largest absolute Gasteiger partial charge is 0.326 e. The monoisotopic (exact) mass is 329 g/mol. The number of amides is 3. The zero-order chi connectivity index (χ0) is 17.2. The van der Waals surface area contributed by atoms with Gasteiger partial charge in [0.1, 0.15) is 5.54 Å². The molecule has 3 rings (SSSR count). The summed E-state index contributed by atoms with van der Waals surface area (Å²) < 4.78 is 0. The van der Waals surface area contributed by atoms with E-state index in [1.807, 2.05) is 11.9 Å². The zero-order valence-electron chi connectivity index (χ0n) is 14.7. The highest BCUT2D eigenvalue weighted by Gasteiger charge is 2.50. The van der Waals surface area contributed by atoms with Crippen molar-refractivity contribution in [3.8, 4) is 0 Å². The summed E-state index contributed by atoms with van der Waals surface area (Å²) in [6.07, 6.45) is 5.88. The average Bonchev–Trinajstić information content (AvgIpc) is 2.73. The molecule has 2 aliphatic rings. The molecule has 1 heterocycles. The van der Waals surface area contributed by atoms with E-state index in [1.54, 1.807) is 0 Å². The molecule has 1 aliphatic carbocycles. The van der Waals surface area contributed by atoms with Crippen LogP contribution in [0.3, 0.4) is 0 Å². The molecule has 5 heteroatoms. The molecular formula is C19H27N3O2. The molecule has 0 unspecified atom stereocenters. The predicted molar refractivity (Wildman–Crippen MR) is 93.3 cm³/mol. The molecule has 1 aromatic carbocycles. The van der Waals surface area contributed by atoms with Crippen molar-refractivity contribution in [2.24, 2.45) is 0 Å². The lowest BCUT2D eigenvalue weighted by atomic mass is 9.90. The molecule has 2 fully saturated rings. The van der Waals surface area contributed by atoms with Crippen LogP contribution in [0.5, 0.6) is 0 Å². The summed E-state index contributed by atoms with van der Waals surface area (Å²) >= 11 is 0. The predicted octanol–water partition coefficient (Wildman–Crippen LogP) is 3.03. The number of carbonyl (C=O) groups excluding carboxylic acids is 2. The third kappa shape index (κ3) is 3.46. The minimum atomic E-state index is -0.641. The maximum Gasteiger partial charge on any atom is 0.326 e. The van der Waals surface area contributed by atoms with Crippen LogP contribution in [0.25, 0.3) is 0 Å². The highest BCUT2D eigenvalue weighted by molar-refractivity contribution is 6.07. The van der Waals surface area contributed by atoms with E-state index in [9.17, 15) is 9.59 Å². The van der Waals surface area contributed by atoms with E-state index in [0.717, 1.165) is 38.5 Å². The first-order valence-corrected chi connectivity index (χ1v) is 8.88. The zero-order valence-corrected chi connectivity index (χ0v) is 14.7. The molecule has 0 aromatic heterocycles. The van der Waals surface area contributed by atoms with Gasteiger partial charge in [0.2, 0.25) is 0 Å².